The van der Waals surface area contributed by atoms with Gasteiger partial charge in [-0.1, -0.05) is 0 Å². The van der Waals surface area contributed by atoms with Crippen LogP contribution in [0.25, 0.3) is 0 Å². The predicted octanol–water partition coefficient (Wildman–Crippen LogP) is 0.454. The molecule has 0 spiro atoms. The number of hydrogen-bond acceptors (Lipinski definition) is 4. The van der Waals surface area contributed by atoms with E-state index in [4.69, 9.17) is 10.5 Å². The van der Waals surface area contributed by atoms with E-state index in [1.54, 1.807) is 7.11 Å². The maximum Gasteiger partial charge on any atom is 0.0951 e. The summed E-state index contributed by atoms with van der Waals surface area (Å²) in [4.78, 5) is 4.22. The number of rotatable bonds is 7. The molecular formula is C11H20N4O. The zero-order valence-electron chi connectivity index (χ0n) is 9.72. The fourth-order valence-corrected chi connectivity index (χ4v) is 1.89. The Bertz CT molecular complexity index is 322. The van der Waals surface area contributed by atoms with Crippen LogP contribution in [0.5, 0.6) is 0 Å². The smallest absolute Gasteiger partial charge is 0.0951 e. The van der Waals surface area contributed by atoms with Crippen LogP contribution in [0.3, 0.4) is 0 Å². The largest absolute Gasteiger partial charge is 0.383 e. The Labute approximate surface area is 96.0 Å². The normalized spacial score (nSPS) is 17.6. The lowest BCUT2D eigenvalue weighted by atomic mass is 10.2. The molecule has 1 fully saturated rings. The monoisotopic (exact) mass is 224 g/mol. The van der Waals surface area contributed by atoms with E-state index in [1.807, 2.05) is 12.5 Å². The Morgan fingerprint density at radius 1 is 1.69 bits per heavy atom. The number of imidazole rings is 1. The van der Waals surface area contributed by atoms with Crippen LogP contribution in [0.2, 0.25) is 0 Å². The highest BCUT2D eigenvalue weighted by molar-refractivity contribution is 5.09. The van der Waals surface area contributed by atoms with Gasteiger partial charge >= 0.3 is 0 Å². The van der Waals surface area contributed by atoms with Gasteiger partial charge in [0.1, 0.15) is 0 Å². The van der Waals surface area contributed by atoms with Gasteiger partial charge in [-0.3, -0.25) is 0 Å². The highest BCUT2D eigenvalue weighted by atomic mass is 16.5. The van der Waals surface area contributed by atoms with Crippen molar-refractivity contribution < 1.29 is 4.74 Å². The third kappa shape index (κ3) is 2.61. The summed E-state index contributed by atoms with van der Waals surface area (Å²) in [5, 5.41) is 3.38. The van der Waals surface area contributed by atoms with E-state index in [2.05, 4.69) is 14.9 Å². The van der Waals surface area contributed by atoms with E-state index in [9.17, 15) is 0 Å². The first-order valence-electron chi connectivity index (χ1n) is 5.81. The quantitative estimate of drug-likeness (QED) is 0.660. The molecule has 0 radical (unpaired) electrons. The number of hydrogen-bond donors (Lipinski definition) is 2. The molecule has 5 heteroatoms. The third-order valence-corrected chi connectivity index (χ3v) is 2.93. The van der Waals surface area contributed by atoms with Gasteiger partial charge in [0.05, 0.1) is 24.7 Å². The van der Waals surface area contributed by atoms with E-state index in [0.29, 0.717) is 19.2 Å². The van der Waals surface area contributed by atoms with Crippen LogP contribution in [-0.4, -0.2) is 36.4 Å². The summed E-state index contributed by atoms with van der Waals surface area (Å²) in [5.74, 6) is 0. The fraction of sp³-hybridized carbons (Fsp3) is 0.727. The lowest BCUT2D eigenvalue weighted by molar-refractivity contribution is 0.195. The number of ether oxygens (including phenoxy) is 1. The summed E-state index contributed by atoms with van der Waals surface area (Å²) in [6.45, 7) is 2.10. The number of nitrogens with one attached hydrogen (secondary N) is 1. The minimum atomic E-state index is 0.179. The molecule has 5 nitrogen and oxygen atoms in total. The lowest BCUT2D eigenvalue weighted by Crippen LogP contribution is -2.32. The van der Waals surface area contributed by atoms with Crippen molar-refractivity contribution in [3.63, 3.8) is 0 Å². The lowest BCUT2D eigenvalue weighted by Gasteiger charge is -2.18. The summed E-state index contributed by atoms with van der Waals surface area (Å²) >= 11 is 0. The van der Waals surface area contributed by atoms with Gasteiger partial charge < -0.3 is 20.4 Å². The van der Waals surface area contributed by atoms with Crippen LogP contribution in [0.15, 0.2) is 12.5 Å². The first kappa shape index (κ1) is 11.6. The first-order chi connectivity index (χ1) is 7.86. The summed E-state index contributed by atoms with van der Waals surface area (Å²) in [6, 6.07) is 0.828. The Kier molecular flexibility index (Phi) is 3.93. The van der Waals surface area contributed by atoms with Gasteiger partial charge in [0, 0.05) is 32.4 Å². The van der Waals surface area contributed by atoms with E-state index >= 15 is 0 Å². The van der Waals surface area contributed by atoms with Crippen molar-refractivity contribution in [2.45, 2.75) is 24.9 Å². The van der Waals surface area contributed by atoms with Crippen molar-refractivity contribution in [1.82, 2.24) is 14.9 Å². The van der Waals surface area contributed by atoms with Gasteiger partial charge in [0.2, 0.25) is 0 Å². The fourth-order valence-electron chi connectivity index (χ4n) is 1.89. The Hall–Kier alpha value is -0.910. The summed E-state index contributed by atoms with van der Waals surface area (Å²) < 4.78 is 7.27. The van der Waals surface area contributed by atoms with Crippen molar-refractivity contribution in [1.29, 1.82) is 0 Å². The Morgan fingerprint density at radius 2 is 2.50 bits per heavy atom. The molecule has 1 aromatic rings. The topological polar surface area (TPSA) is 65.1 Å². The van der Waals surface area contributed by atoms with Crippen molar-refractivity contribution in [3.05, 3.63) is 18.2 Å². The molecule has 0 bridgehead atoms. The molecule has 0 amide bonds. The van der Waals surface area contributed by atoms with Crippen molar-refractivity contribution in [3.8, 4) is 0 Å². The molecule has 1 unspecified atom stereocenters. The molecule has 0 aliphatic heterocycles. The Morgan fingerprint density at radius 3 is 3.12 bits per heavy atom. The minimum absolute atomic E-state index is 0.179. The second-order valence-electron chi connectivity index (χ2n) is 4.19. The van der Waals surface area contributed by atoms with Crippen LogP contribution < -0.4 is 11.1 Å². The van der Waals surface area contributed by atoms with Crippen molar-refractivity contribution >= 4 is 0 Å². The van der Waals surface area contributed by atoms with Gasteiger partial charge in [0.25, 0.3) is 0 Å². The van der Waals surface area contributed by atoms with E-state index in [1.165, 1.54) is 18.5 Å². The second-order valence-corrected chi connectivity index (χ2v) is 4.19. The number of nitrogens with two attached hydrogens (primary N) is 1. The molecule has 1 atom stereocenters. The molecule has 1 aliphatic rings. The molecule has 1 heterocycles. The number of methoxy groups -OCH3 is 1. The van der Waals surface area contributed by atoms with E-state index in [0.717, 1.165) is 6.54 Å². The van der Waals surface area contributed by atoms with E-state index < -0.39 is 0 Å². The van der Waals surface area contributed by atoms with Crippen LogP contribution in [0.1, 0.15) is 30.6 Å². The average molecular weight is 224 g/mol. The van der Waals surface area contributed by atoms with Crippen LogP contribution in [-0.2, 0) is 4.74 Å². The molecule has 0 saturated heterocycles. The molecule has 90 valence electrons. The summed E-state index contributed by atoms with van der Waals surface area (Å²) in [6.07, 6.45) is 6.35. The molecule has 1 aliphatic carbocycles. The molecular weight excluding hydrogens is 204 g/mol. The second kappa shape index (κ2) is 5.43. The van der Waals surface area contributed by atoms with Gasteiger partial charge in [-0.2, -0.15) is 0 Å². The maximum absolute atomic E-state index is 5.79. The third-order valence-electron chi connectivity index (χ3n) is 2.93. The standard InChI is InChI=1S/C11H20N4O/c1-16-5-4-14-10(6-12)11-7-13-8-15(11)9-2-3-9/h7-10,14H,2-6,12H2,1H3. The van der Waals surface area contributed by atoms with Gasteiger partial charge in [-0.05, 0) is 12.8 Å². The summed E-state index contributed by atoms with van der Waals surface area (Å²) in [5.41, 5.74) is 6.99. The maximum atomic E-state index is 5.79. The molecule has 3 N–H and O–H groups in total. The highest BCUT2D eigenvalue weighted by Crippen LogP contribution is 2.36. The zero-order chi connectivity index (χ0) is 11.4. The zero-order valence-corrected chi connectivity index (χ0v) is 9.72. The minimum Gasteiger partial charge on any atom is -0.383 e. The molecule has 1 saturated carbocycles. The van der Waals surface area contributed by atoms with Crippen LogP contribution in [0.4, 0.5) is 0 Å². The first-order valence-corrected chi connectivity index (χ1v) is 5.81. The number of nitrogens with zero attached hydrogens (tertiary/aromatic N) is 2. The van der Waals surface area contributed by atoms with Crippen molar-refractivity contribution in [2.75, 3.05) is 26.8 Å². The van der Waals surface area contributed by atoms with Gasteiger partial charge in [-0.15, -0.1) is 0 Å². The van der Waals surface area contributed by atoms with Gasteiger partial charge in [-0.25, -0.2) is 4.98 Å². The van der Waals surface area contributed by atoms with Gasteiger partial charge in [0.15, 0.2) is 0 Å². The SMILES string of the molecule is COCCNC(CN)c1cncn1C1CC1. The highest BCUT2D eigenvalue weighted by Gasteiger charge is 2.27. The van der Waals surface area contributed by atoms with E-state index in [-0.39, 0.29) is 6.04 Å². The number of aromatic nitrogens is 2. The van der Waals surface area contributed by atoms with Crippen molar-refractivity contribution in [2.24, 2.45) is 5.73 Å². The molecule has 2 rings (SSSR count). The molecule has 16 heavy (non-hydrogen) atoms. The van der Waals surface area contributed by atoms with Crippen LogP contribution >= 0.6 is 0 Å². The molecule has 0 aromatic carbocycles. The molecule has 1 aromatic heterocycles. The Balaban J connectivity index is 1.98. The average Bonchev–Trinajstić information content (AvgIpc) is 3.04. The summed E-state index contributed by atoms with van der Waals surface area (Å²) in [7, 11) is 1.70. The predicted molar refractivity (Wildman–Crippen MR) is 62.2 cm³/mol. The van der Waals surface area contributed by atoms with Crippen LogP contribution in [0, 0.1) is 0 Å².